The average molecular weight is 381 g/mol. The van der Waals surface area contributed by atoms with Gasteiger partial charge in [0.2, 0.25) is 5.91 Å². The summed E-state index contributed by atoms with van der Waals surface area (Å²) in [5.41, 5.74) is 4.01. The Labute approximate surface area is 165 Å². The molecule has 2 aromatic rings. The Morgan fingerprint density at radius 3 is 2.75 bits per heavy atom. The lowest BCUT2D eigenvalue weighted by Gasteiger charge is -2.16. The number of nitrogens with one attached hydrogen (secondary N) is 2. The van der Waals surface area contributed by atoms with Crippen molar-refractivity contribution >= 4 is 17.5 Å². The minimum Gasteiger partial charge on any atom is -0.392 e. The predicted octanol–water partition coefficient (Wildman–Crippen LogP) is 2.31. The molecule has 0 spiro atoms. The van der Waals surface area contributed by atoms with Gasteiger partial charge in [-0.25, -0.2) is 0 Å². The summed E-state index contributed by atoms with van der Waals surface area (Å²) in [4.78, 5) is 26.7. The fourth-order valence-corrected chi connectivity index (χ4v) is 3.65. The minimum atomic E-state index is -0.176. The second kappa shape index (κ2) is 8.99. The molecule has 1 fully saturated rings. The highest BCUT2D eigenvalue weighted by atomic mass is 16.3. The van der Waals surface area contributed by atoms with E-state index in [0.717, 1.165) is 36.2 Å². The largest absolute Gasteiger partial charge is 0.392 e. The molecule has 2 amide bonds. The van der Waals surface area contributed by atoms with Crippen LogP contribution in [0.1, 0.15) is 33.5 Å². The van der Waals surface area contributed by atoms with Crippen LogP contribution < -0.4 is 10.6 Å². The fourth-order valence-electron chi connectivity index (χ4n) is 3.65. The van der Waals surface area contributed by atoms with E-state index in [4.69, 9.17) is 0 Å². The number of aliphatic hydroxyl groups excluding tert-OH is 1. The van der Waals surface area contributed by atoms with E-state index in [9.17, 15) is 14.7 Å². The number of rotatable bonds is 6. The maximum absolute atomic E-state index is 12.7. The third kappa shape index (κ3) is 4.58. The molecule has 28 heavy (non-hydrogen) atoms. The summed E-state index contributed by atoms with van der Waals surface area (Å²) in [6.07, 6.45) is 0.861. The van der Waals surface area contributed by atoms with Crippen LogP contribution in [0.4, 0.5) is 5.69 Å². The highest BCUT2D eigenvalue weighted by Gasteiger charge is 2.27. The first-order valence-corrected chi connectivity index (χ1v) is 9.55. The molecular formula is C22H27N3O3. The van der Waals surface area contributed by atoms with Gasteiger partial charge in [-0.1, -0.05) is 24.3 Å². The number of benzene rings is 2. The number of nitrogens with zero attached hydrogens (tertiary/aromatic N) is 1. The van der Waals surface area contributed by atoms with E-state index in [0.29, 0.717) is 17.8 Å². The molecule has 6 nitrogen and oxygen atoms in total. The molecule has 148 valence electrons. The summed E-state index contributed by atoms with van der Waals surface area (Å²) in [5.74, 6) is -0.0425. The smallest absolute Gasteiger partial charge is 0.255 e. The van der Waals surface area contributed by atoms with Crippen molar-refractivity contribution in [3.05, 3.63) is 64.7 Å². The maximum Gasteiger partial charge on any atom is 0.255 e. The van der Waals surface area contributed by atoms with Gasteiger partial charge in [-0.05, 0) is 54.8 Å². The monoisotopic (exact) mass is 381 g/mol. The molecule has 0 aromatic heterocycles. The maximum atomic E-state index is 12.7. The van der Waals surface area contributed by atoms with E-state index >= 15 is 0 Å². The van der Waals surface area contributed by atoms with Crippen LogP contribution in [0.2, 0.25) is 0 Å². The van der Waals surface area contributed by atoms with Crippen LogP contribution >= 0.6 is 0 Å². The first-order chi connectivity index (χ1) is 13.5. The Morgan fingerprint density at radius 1 is 1.21 bits per heavy atom. The van der Waals surface area contributed by atoms with Crippen molar-refractivity contribution in [3.63, 3.8) is 0 Å². The Morgan fingerprint density at radius 2 is 2.00 bits per heavy atom. The molecule has 1 saturated heterocycles. The Hall–Kier alpha value is -2.70. The number of hydrogen-bond acceptors (Lipinski definition) is 4. The third-order valence-electron chi connectivity index (χ3n) is 5.35. The molecule has 1 atom stereocenters. The Bertz CT molecular complexity index is 866. The van der Waals surface area contributed by atoms with Crippen LogP contribution in [0.5, 0.6) is 0 Å². The summed E-state index contributed by atoms with van der Waals surface area (Å²) in [6.45, 7) is 4.16. The highest BCUT2D eigenvalue weighted by molar-refractivity contribution is 6.04. The van der Waals surface area contributed by atoms with Crippen molar-refractivity contribution in [2.75, 3.05) is 25.5 Å². The molecule has 2 aromatic carbocycles. The third-order valence-corrected chi connectivity index (χ3v) is 5.35. The Kier molecular flexibility index (Phi) is 6.44. The molecule has 3 N–H and O–H groups in total. The van der Waals surface area contributed by atoms with Gasteiger partial charge in [0.25, 0.3) is 5.91 Å². The molecule has 0 saturated carbocycles. The van der Waals surface area contributed by atoms with E-state index in [2.05, 4.69) is 15.5 Å². The van der Waals surface area contributed by atoms with Crippen molar-refractivity contribution in [2.24, 2.45) is 5.92 Å². The van der Waals surface area contributed by atoms with Crippen LogP contribution in [0.3, 0.4) is 0 Å². The standard InChI is InChI=1S/C22H27N3O3/c1-15-19(14-26)7-4-8-20(15)24-22(28)17-6-3-5-16(11-17)12-25-10-9-18(13-25)21(27)23-2/h3-8,11,18,26H,9-10,12-14H2,1-2H3,(H,23,27)(H,24,28). The van der Waals surface area contributed by atoms with Gasteiger partial charge in [0.1, 0.15) is 0 Å². The summed E-state index contributed by atoms with van der Waals surface area (Å²) in [7, 11) is 1.67. The van der Waals surface area contributed by atoms with Gasteiger partial charge < -0.3 is 15.7 Å². The summed E-state index contributed by atoms with van der Waals surface area (Å²) >= 11 is 0. The number of carbonyl (C=O) groups is 2. The van der Waals surface area contributed by atoms with Crippen molar-refractivity contribution in [3.8, 4) is 0 Å². The lowest BCUT2D eigenvalue weighted by atomic mass is 10.1. The normalized spacial score (nSPS) is 16.8. The number of aliphatic hydroxyl groups is 1. The fraction of sp³-hybridized carbons (Fsp3) is 0.364. The van der Waals surface area contributed by atoms with Gasteiger partial charge >= 0.3 is 0 Å². The van der Waals surface area contributed by atoms with E-state index in [1.165, 1.54) is 0 Å². The van der Waals surface area contributed by atoms with Crippen molar-refractivity contribution in [2.45, 2.75) is 26.5 Å². The van der Waals surface area contributed by atoms with E-state index in [-0.39, 0.29) is 24.3 Å². The van der Waals surface area contributed by atoms with Gasteiger partial charge in [0, 0.05) is 31.4 Å². The first-order valence-electron chi connectivity index (χ1n) is 9.55. The van der Waals surface area contributed by atoms with E-state index < -0.39 is 0 Å². The molecular weight excluding hydrogens is 354 g/mol. The summed E-state index contributed by atoms with van der Waals surface area (Å²) < 4.78 is 0. The van der Waals surface area contributed by atoms with Crippen LogP contribution in [0.15, 0.2) is 42.5 Å². The van der Waals surface area contributed by atoms with Gasteiger partial charge in [0.05, 0.1) is 12.5 Å². The quantitative estimate of drug-likeness (QED) is 0.717. The highest BCUT2D eigenvalue weighted by Crippen LogP contribution is 2.21. The lowest BCUT2D eigenvalue weighted by Crippen LogP contribution is -2.30. The molecule has 0 bridgehead atoms. The second-order valence-corrected chi connectivity index (χ2v) is 7.24. The lowest BCUT2D eigenvalue weighted by molar-refractivity contribution is -0.124. The average Bonchev–Trinajstić information content (AvgIpc) is 3.17. The summed E-state index contributed by atoms with van der Waals surface area (Å²) in [5, 5.41) is 15.0. The van der Waals surface area contributed by atoms with Crippen molar-refractivity contribution in [1.29, 1.82) is 0 Å². The zero-order chi connectivity index (χ0) is 20.1. The molecule has 1 heterocycles. The Balaban J connectivity index is 1.66. The van der Waals surface area contributed by atoms with Crippen LogP contribution in [-0.4, -0.2) is 42.0 Å². The number of likely N-dealkylation sites (tertiary alicyclic amines) is 1. The van der Waals surface area contributed by atoms with Gasteiger partial charge in [0.15, 0.2) is 0 Å². The van der Waals surface area contributed by atoms with Gasteiger partial charge in [-0.2, -0.15) is 0 Å². The first kappa shape index (κ1) is 20.0. The molecule has 1 aliphatic heterocycles. The molecule has 1 unspecified atom stereocenters. The number of carbonyl (C=O) groups excluding carboxylic acids is 2. The molecule has 0 aliphatic carbocycles. The van der Waals surface area contributed by atoms with E-state index in [1.54, 1.807) is 13.1 Å². The van der Waals surface area contributed by atoms with Crippen LogP contribution in [-0.2, 0) is 17.9 Å². The summed E-state index contributed by atoms with van der Waals surface area (Å²) in [6, 6.07) is 13.1. The number of amides is 2. The van der Waals surface area contributed by atoms with Gasteiger partial charge in [-0.3, -0.25) is 14.5 Å². The van der Waals surface area contributed by atoms with Crippen LogP contribution in [0.25, 0.3) is 0 Å². The molecule has 1 aliphatic rings. The van der Waals surface area contributed by atoms with E-state index in [1.807, 2.05) is 43.3 Å². The molecule has 6 heteroatoms. The minimum absolute atomic E-state index is 0.0401. The zero-order valence-corrected chi connectivity index (χ0v) is 16.4. The molecule has 0 radical (unpaired) electrons. The SMILES string of the molecule is CNC(=O)C1CCN(Cc2cccc(C(=O)Nc3cccc(CO)c3C)c2)C1. The number of hydrogen-bond donors (Lipinski definition) is 3. The topological polar surface area (TPSA) is 81.7 Å². The number of anilines is 1. The molecule has 3 rings (SSSR count). The van der Waals surface area contributed by atoms with Crippen molar-refractivity contribution in [1.82, 2.24) is 10.2 Å². The second-order valence-electron chi connectivity index (χ2n) is 7.24. The van der Waals surface area contributed by atoms with Gasteiger partial charge in [-0.15, -0.1) is 0 Å². The zero-order valence-electron chi connectivity index (χ0n) is 16.4. The van der Waals surface area contributed by atoms with Crippen molar-refractivity contribution < 1.29 is 14.7 Å². The predicted molar refractivity (Wildman–Crippen MR) is 109 cm³/mol. The van der Waals surface area contributed by atoms with Crippen LogP contribution in [0, 0.1) is 12.8 Å².